The maximum absolute atomic E-state index is 13.8. The zero-order valence-corrected chi connectivity index (χ0v) is 26.3. The summed E-state index contributed by atoms with van der Waals surface area (Å²) in [5.74, 6) is -2.47. The molecular weight excluding hydrogens is 606 g/mol. The van der Waals surface area contributed by atoms with Crippen molar-refractivity contribution in [1.82, 2.24) is 20.9 Å². The largest absolute Gasteiger partial charge is 0.508 e. The highest BCUT2D eigenvalue weighted by Gasteiger charge is 2.31. The number of amides is 3. The van der Waals surface area contributed by atoms with E-state index in [4.69, 9.17) is 5.73 Å². The topological polar surface area (TPSA) is 187 Å². The number of hydrogen-bond acceptors (Lipinski definition) is 7. The molecule has 0 fully saturated rings. The number of aliphatic carboxylic acids is 1. The van der Waals surface area contributed by atoms with Gasteiger partial charge in [0, 0.05) is 29.9 Å². The summed E-state index contributed by atoms with van der Waals surface area (Å²) in [5.41, 5.74) is 9.49. The minimum Gasteiger partial charge on any atom is -0.508 e. The zero-order valence-electron chi connectivity index (χ0n) is 25.4. The average molecular weight is 646 g/mol. The predicted molar refractivity (Wildman–Crippen MR) is 178 cm³/mol. The number of benzene rings is 3. The number of fused-ring (bicyclic) bond motifs is 1. The molecule has 12 heteroatoms. The third-order valence-corrected chi connectivity index (χ3v) is 8.25. The molecule has 242 valence electrons. The van der Waals surface area contributed by atoms with Crippen LogP contribution in [0, 0.1) is 0 Å². The number of para-hydroxylation sites is 1. The summed E-state index contributed by atoms with van der Waals surface area (Å²) in [4.78, 5) is 55.7. The Kier molecular flexibility index (Phi) is 12.2. The molecule has 0 aliphatic heterocycles. The summed E-state index contributed by atoms with van der Waals surface area (Å²) in [6.07, 6.45) is 4.20. The Bertz CT molecular complexity index is 1630. The number of aromatic nitrogens is 1. The maximum atomic E-state index is 13.8. The van der Waals surface area contributed by atoms with Gasteiger partial charge in [-0.05, 0) is 59.7 Å². The summed E-state index contributed by atoms with van der Waals surface area (Å²) in [7, 11) is 0. The smallest absolute Gasteiger partial charge is 0.326 e. The second-order valence-electron chi connectivity index (χ2n) is 11.0. The fourth-order valence-electron chi connectivity index (χ4n) is 5.08. The van der Waals surface area contributed by atoms with Gasteiger partial charge in [0.25, 0.3) is 0 Å². The van der Waals surface area contributed by atoms with Crippen LogP contribution in [0.15, 0.2) is 85.1 Å². The van der Waals surface area contributed by atoms with E-state index >= 15 is 0 Å². The summed E-state index contributed by atoms with van der Waals surface area (Å²) in [6, 6.07) is 18.5. The van der Waals surface area contributed by atoms with E-state index in [0.29, 0.717) is 11.3 Å². The number of phenolic OH excluding ortho intramolecular Hbond substituents is 1. The number of hydrogen-bond donors (Lipinski definition) is 7. The molecule has 1 heterocycles. The number of carboxylic acid groups (broad SMARTS) is 1. The van der Waals surface area contributed by atoms with Gasteiger partial charge in [-0.15, -0.1) is 0 Å². The van der Waals surface area contributed by atoms with E-state index in [9.17, 15) is 29.4 Å². The molecule has 4 atom stereocenters. The highest BCUT2D eigenvalue weighted by atomic mass is 32.2. The van der Waals surface area contributed by atoms with Crippen LogP contribution in [0.25, 0.3) is 10.9 Å². The number of nitrogens with two attached hydrogens (primary N) is 1. The zero-order chi connectivity index (χ0) is 33.1. The highest BCUT2D eigenvalue weighted by Crippen LogP contribution is 2.19. The SMILES string of the molecule is CSCCC(NC(=O)C(Cc1ccccc1)NC(=O)C(Cc1ccc(O)cc1)NC(=O)C(N)Cc1c[nH]c2ccccc12)C(=O)O. The van der Waals surface area contributed by atoms with Crippen molar-refractivity contribution in [1.29, 1.82) is 0 Å². The molecule has 46 heavy (non-hydrogen) atoms. The Balaban J connectivity index is 1.54. The first-order valence-corrected chi connectivity index (χ1v) is 16.3. The molecular formula is C34H39N5O6S. The highest BCUT2D eigenvalue weighted by molar-refractivity contribution is 7.98. The standard InChI is InChI=1S/C34H39N5O6S/c1-46-16-15-28(34(44)45)37-32(42)30(17-21-7-3-2-4-8-21)39-33(43)29(18-22-11-13-24(40)14-12-22)38-31(41)26(35)19-23-20-36-27-10-6-5-9-25(23)27/h2-14,20,26,28-30,36,40H,15-19,35H2,1H3,(H,37,42)(H,38,41)(H,39,43)(H,44,45). The van der Waals surface area contributed by atoms with Crippen LogP contribution in [0.5, 0.6) is 5.75 Å². The number of H-pyrrole nitrogens is 1. The third kappa shape index (κ3) is 9.59. The van der Waals surface area contributed by atoms with Gasteiger partial charge in [0.05, 0.1) is 6.04 Å². The molecule has 0 saturated carbocycles. The minimum atomic E-state index is -1.17. The maximum Gasteiger partial charge on any atom is 0.326 e. The molecule has 4 aromatic rings. The van der Waals surface area contributed by atoms with Crippen LogP contribution in [-0.2, 0) is 38.4 Å². The molecule has 3 amide bonds. The van der Waals surface area contributed by atoms with Gasteiger partial charge < -0.3 is 36.9 Å². The van der Waals surface area contributed by atoms with Crippen LogP contribution in [0.2, 0.25) is 0 Å². The Morgan fingerprint density at radius 2 is 1.33 bits per heavy atom. The molecule has 0 aliphatic carbocycles. The average Bonchev–Trinajstić information content (AvgIpc) is 3.46. The summed E-state index contributed by atoms with van der Waals surface area (Å²) >= 11 is 1.46. The minimum absolute atomic E-state index is 0.0445. The van der Waals surface area contributed by atoms with Gasteiger partial charge in [0.15, 0.2) is 0 Å². The molecule has 4 rings (SSSR count). The van der Waals surface area contributed by atoms with Gasteiger partial charge in [-0.2, -0.15) is 11.8 Å². The number of aromatic hydroxyl groups is 1. The Hall–Kier alpha value is -4.81. The lowest BCUT2D eigenvalue weighted by Crippen LogP contribution is -2.58. The van der Waals surface area contributed by atoms with Gasteiger partial charge in [-0.3, -0.25) is 14.4 Å². The lowest BCUT2D eigenvalue weighted by atomic mass is 10.0. The molecule has 0 aliphatic rings. The summed E-state index contributed by atoms with van der Waals surface area (Å²) in [5, 5.41) is 28.4. The summed E-state index contributed by atoms with van der Waals surface area (Å²) in [6.45, 7) is 0. The van der Waals surface area contributed by atoms with Gasteiger partial charge >= 0.3 is 5.97 Å². The normalized spacial score (nSPS) is 13.7. The van der Waals surface area contributed by atoms with Crippen molar-refractivity contribution in [2.75, 3.05) is 12.0 Å². The summed E-state index contributed by atoms with van der Waals surface area (Å²) < 4.78 is 0. The number of rotatable bonds is 16. The molecule has 8 N–H and O–H groups in total. The monoisotopic (exact) mass is 645 g/mol. The van der Waals surface area contributed by atoms with Crippen molar-refractivity contribution >= 4 is 46.4 Å². The number of carboxylic acids is 1. The third-order valence-electron chi connectivity index (χ3n) is 7.60. The van der Waals surface area contributed by atoms with Crippen molar-refractivity contribution in [3.8, 4) is 5.75 Å². The second kappa shape index (κ2) is 16.5. The van der Waals surface area contributed by atoms with Crippen LogP contribution < -0.4 is 21.7 Å². The van der Waals surface area contributed by atoms with Crippen LogP contribution in [0.4, 0.5) is 0 Å². The fraction of sp³-hybridized carbons (Fsp3) is 0.294. The molecule has 4 unspecified atom stereocenters. The fourth-order valence-corrected chi connectivity index (χ4v) is 5.55. The molecule has 1 aromatic heterocycles. The number of nitrogens with one attached hydrogen (secondary N) is 4. The first-order valence-electron chi connectivity index (χ1n) is 14.9. The van der Waals surface area contributed by atoms with Gasteiger partial charge in [-0.1, -0.05) is 60.7 Å². The lowest BCUT2D eigenvalue weighted by molar-refractivity contribution is -0.142. The van der Waals surface area contributed by atoms with Crippen molar-refractivity contribution < 1.29 is 29.4 Å². The van der Waals surface area contributed by atoms with Crippen LogP contribution >= 0.6 is 11.8 Å². The van der Waals surface area contributed by atoms with Crippen molar-refractivity contribution in [2.24, 2.45) is 5.73 Å². The first kappa shape index (κ1) is 34.1. The molecule has 0 spiro atoms. The van der Waals surface area contributed by atoms with Crippen LogP contribution in [0.1, 0.15) is 23.1 Å². The number of phenols is 1. The predicted octanol–water partition coefficient (Wildman–Crippen LogP) is 2.52. The van der Waals surface area contributed by atoms with E-state index in [-0.39, 0.29) is 31.4 Å². The Morgan fingerprint density at radius 1 is 0.761 bits per heavy atom. The van der Waals surface area contributed by atoms with E-state index < -0.39 is 47.9 Å². The van der Waals surface area contributed by atoms with Crippen molar-refractivity contribution in [3.05, 3.63) is 102 Å². The lowest BCUT2D eigenvalue weighted by Gasteiger charge is -2.25. The Labute approximate surface area is 271 Å². The molecule has 11 nitrogen and oxygen atoms in total. The van der Waals surface area contributed by atoms with Crippen LogP contribution in [0.3, 0.4) is 0 Å². The molecule has 0 saturated heterocycles. The van der Waals surface area contributed by atoms with Crippen molar-refractivity contribution in [3.63, 3.8) is 0 Å². The molecule has 0 bridgehead atoms. The second-order valence-corrected chi connectivity index (χ2v) is 12.0. The van der Waals surface area contributed by atoms with Gasteiger partial charge in [-0.25, -0.2) is 4.79 Å². The number of aromatic amines is 1. The number of thioether (sulfide) groups is 1. The quantitative estimate of drug-likeness (QED) is 0.0969. The number of carbonyl (C=O) groups is 4. The van der Waals surface area contributed by atoms with E-state index in [0.717, 1.165) is 22.0 Å². The van der Waals surface area contributed by atoms with Gasteiger partial charge in [0.1, 0.15) is 23.9 Å². The van der Waals surface area contributed by atoms with E-state index in [2.05, 4.69) is 20.9 Å². The Morgan fingerprint density at radius 3 is 1.96 bits per heavy atom. The van der Waals surface area contributed by atoms with E-state index in [1.165, 1.54) is 23.9 Å². The molecule has 0 radical (unpaired) electrons. The first-order chi connectivity index (χ1) is 22.1. The molecule has 3 aromatic carbocycles. The van der Waals surface area contributed by atoms with Crippen LogP contribution in [-0.4, -0.2) is 75.1 Å². The van der Waals surface area contributed by atoms with E-state index in [1.54, 1.807) is 42.6 Å². The van der Waals surface area contributed by atoms with Gasteiger partial charge in [0.2, 0.25) is 17.7 Å². The van der Waals surface area contributed by atoms with E-state index in [1.807, 2.05) is 36.6 Å². The van der Waals surface area contributed by atoms with Crippen molar-refractivity contribution in [2.45, 2.75) is 49.9 Å². The number of carbonyl (C=O) groups excluding carboxylic acids is 3.